The lowest BCUT2D eigenvalue weighted by Gasteiger charge is -2.49. The molecule has 0 aromatic rings. The molecule has 0 heterocycles. The van der Waals surface area contributed by atoms with Crippen molar-refractivity contribution in [2.45, 2.75) is 79.3 Å². The van der Waals surface area contributed by atoms with E-state index in [1.54, 1.807) is 0 Å². The van der Waals surface area contributed by atoms with E-state index in [1.807, 2.05) is 0 Å². The van der Waals surface area contributed by atoms with Gasteiger partial charge >= 0.3 is 0 Å². The first-order valence-corrected chi connectivity index (χ1v) is 7.83. The van der Waals surface area contributed by atoms with E-state index in [2.05, 4.69) is 53.4 Å². The fourth-order valence-electron chi connectivity index (χ4n) is 2.94. The summed E-state index contributed by atoms with van der Waals surface area (Å²) in [5.41, 5.74) is 6.30. The number of hydrogen-bond acceptors (Lipinski definition) is 2. The molecule has 2 nitrogen and oxygen atoms in total. The molecule has 18 heavy (non-hydrogen) atoms. The molecule has 0 spiro atoms. The maximum atomic E-state index is 6.17. The largest absolute Gasteiger partial charge is 0.329 e. The predicted molar refractivity (Wildman–Crippen MR) is 82.8 cm³/mol. The van der Waals surface area contributed by atoms with Crippen LogP contribution in [0.1, 0.15) is 67.7 Å². The molecule has 0 rings (SSSR count). The Morgan fingerprint density at radius 2 is 1.50 bits per heavy atom. The van der Waals surface area contributed by atoms with Crippen LogP contribution in [0.25, 0.3) is 0 Å². The topological polar surface area (TPSA) is 29.3 Å². The zero-order valence-electron chi connectivity index (χ0n) is 13.8. The highest BCUT2D eigenvalue weighted by atomic mass is 15.2. The molecular formula is C16H36N2. The lowest BCUT2D eigenvalue weighted by atomic mass is 9.81. The standard InChI is InChI=1S/C16H36N2/c1-8-14(6)16(7,12-17)18(11-13(4)5)15(9-2)10-3/h13-15H,8-12,17H2,1-7H3. The van der Waals surface area contributed by atoms with Crippen LogP contribution in [0.3, 0.4) is 0 Å². The molecule has 110 valence electrons. The van der Waals surface area contributed by atoms with E-state index in [-0.39, 0.29) is 5.54 Å². The third-order valence-electron chi connectivity index (χ3n) is 4.69. The predicted octanol–water partition coefficient (Wildman–Crippen LogP) is 3.90. The lowest BCUT2D eigenvalue weighted by Crippen LogP contribution is -2.60. The number of nitrogens with zero attached hydrogens (tertiary/aromatic N) is 1. The van der Waals surface area contributed by atoms with E-state index < -0.39 is 0 Å². The first-order valence-electron chi connectivity index (χ1n) is 7.83. The van der Waals surface area contributed by atoms with Crippen molar-refractivity contribution in [1.82, 2.24) is 4.90 Å². The van der Waals surface area contributed by atoms with Gasteiger partial charge in [-0.15, -0.1) is 0 Å². The fourth-order valence-corrected chi connectivity index (χ4v) is 2.94. The van der Waals surface area contributed by atoms with E-state index in [1.165, 1.54) is 19.3 Å². The Hall–Kier alpha value is -0.0800. The quantitative estimate of drug-likeness (QED) is 0.678. The summed E-state index contributed by atoms with van der Waals surface area (Å²) in [7, 11) is 0. The van der Waals surface area contributed by atoms with Gasteiger partial charge in [-0.25, -0.2) is 0 Å². The van der Waals surface area contributed by atoms with Gasteiger partial charge in [-0.3, -0.25) is 4.90 Å². The minimum atomic E-state index is 0.135. The smallest absolute Gasteiger partial charge is 0.0331 e. The van der Waals surface area contributed by atoms with Gasteiger partial charge in [0.1, 0.15) is 0 Å². The van der Waals surface area contributed by atoms with Crippen molar-refractivity contribution in [2.75, 3.05) is 13.1 Å². The summed E-state index contributed by atoms with van der Waals surface area (Å²) in [5, 5.41) is 0. The minimum Gasteiger partial charge on any atom is -0.329 e. The zero-order chi connectivity index (χ0) is 14.3. The first-order chi connectivity index (χ1) is 8.37. The summed E-state index contributed by atoms with van der Waals surface area (Å²) in [6, 6.07) is 0.662. The Kier molecular flexibility index (Phi) is 8.13. The lowest BCUT2D eigenvalue weighted by molar-refractivity contribution is 0.00615. The van der Waals surface area contributed by atoms with Crippen molar-refractivity contribution in [3.05, 3.63) is 0 Å². The summed E-state index contributed by atoms with van der Waals surface area (Å²) >= 11 is 0. The summed E-state index contributed by atoms with van der Waals surface area (Å²) in [5.74, 6) is 1.34. The molecule has 2 atom stereocenters. The summed E-state index contributed by atoms with van der Waals surface area (Å²) in [4.78, 5) is 2.70. The van der Waals surface area contributed by atoms with Crippen LogP contribution in [0.2, 0.25) is 0 Å². The molecule has 0 bridgehead atoms. The van der Waals surface area contributed by atoms with Gasteiger partial charge in [-0.05, 0) is 31.6 Å². The highest BCUT2D eigenvalue weighted by molar-refractivity contribution is 4.94. The minimum absolute atomic E-state index is 0.135. The van der Waals surface area contributed by atoms with Gasteiger partial charge in [0.2, 0.25) is 0 Å². The van der Waals surface area contributed by atoms with Gasteiger partial charge in [0, 0.05) is 24.7 Å². The molecule has 0 radical (unpaired) electrons. The third kappa shape index (κ3) is 4.24. The number of nitrogens with two attached hydrogens (primary N) is 1. The normalized spacial score (nSPS) is 17.5. The molecule has 0 aromatic carbocycles. The average Bonchev–Trinajstić information content (AvgIpc) is 2.36. The van der Waals surface area contributed by atoms with Crippen molar-refractivity contribution >= 4 is 0 Å². The Labute approximate surface area is 115 Å². The monoisotopic (exact) mass is 256 g/mol. The van der Waals surface area contributed by atoms with Crippen LogP contribution in [-0.2, 0) is 0 Å². The van der Waals surface area contributed by atoms with Gasteiger partial charge in [-0.2, -0.15) is 0 Å². The molecule has 2 N–H and O–H groups in total. The second-order valence-corrected chi connectivity index (χ2v) is 6.39. The van der Waals surface area contributed by atoms with Crippen molar-refractivity contribution in [1.29, 1.82) is 0 Å². The number of hydrogen-bond donors (Lipinski definition) is 1. The Morgan fingerprint density at radius 3 is 1.78 bits per heavy atom. The third-order valence-corrected chi connectivity index (χ3v) is 4.69. The van der Waals surface area contributed by atoms with E-state index in [0.717, 1.165) is 13.1 Å². The van der Waals surface area contributed by atoms with Crippen LogP contribution in [0.5, 0.6) is 0 Å². The van der Waals surface area contributed by atoms with Crippen molar-refractivity contribution < 1.29 is 0 Å². The van der Waals surface area contributed by atoms with E-state index in [9.17, 15) is 0 Å². The summed E-state index contributed by atoms with van der Waals surface area (Å²) < 4.78 is 0. The molecule has 0 aliphatic heterocycles. The molecule has 0 saturated heterocycles. The Bertz CT molecular complexity index is 211. The molecule has 0 saturated carbocycles. The SMILES string of the molecule is CCC(CC)N(CC(C)C)C(C)(CN)C(C)CC. The van der Waals surface area contributed by atoms with E-state index in [4.69, 9.17) is 5.73 Å². The van der Waals surface area contributed by atoms with Crippen LogP contribution in [0.15, 0.2) is 0 Å². The molecule has 0 aliphatic carbocycles. The van der Waals surface area contributed by atoms with Crippen LogP contribution in [-0.4, -0.2) is 29.6 Å². The van der Waals surface area contributed by atoms with Crippen LogP contribution < -0.4 is 5.73 Å². The highest BCUT2D eigenvalue weighted by Gasteiger charge is 2.38. The van der Waals surface area contributed by atoms with Gasteiger partial charge in [-0.1, -0.05) is 48.0 Å². The Balaban J connectivity index is 5.22. The van der Waals surface area contributed by atoms with Crippen molar-refractivity contribution in [3.8, 4) is 0 Å². The van der Waals surface area contributed by atoms with Crippen LogP contribution in [0, 0.1) is 11.8 Å². The highest BCUT2D eigenvalue weighted by Crippen LogP contribution is 2.31. The van der Waals surface area contributed by atoms with Crippen LogP contribution in [0.4, 0.5) is 0 Å². The molecule has 0 amide bonds. The van der Waals surface area contributed by atoms with Gasteiger partial charge in [0.25, 0.3) is 0 Å². The second kappa shape index (κ2) is 8.16. The average molecular weight is 256 g/mol. The van der Waals surface area contributed by atoms with Gasteiger partial charge < -0.3 is 5.73 Å². The summed E-state index contributed by atoms with van der Waals surface area (Å²) in [6.45, 7) is 18.1. The maximum absolute atomic E-state index is 6.17. The summed E-state index contributed by atoms with van der Waals surface area (Å²) in [6.07, 6.45) is 3.63. The molecule has 0 aliphatic rings. The van der Waals surface area contributed by atoms with Crippen molar-refractivity contribution in [3.63, 3.8) is 0 Å². The fraction of sp³-hybridized carbons (Fsp3) is 1.00. The first kappa shape index (κ1) is 17.9. The van der Waals surface area contributed by atoms with E-state index >= 15 is 0 Å². The molecular weight excluding hydrogens is 220 g/mol. The van der Waals surface area contributed by atoms with Gasteiger partial charge in [0.05, 0.1) is 0 Å². The Morgan fingerprint density at radius 1 is 1.00 bits per heavy atom. The second-order valence-electron chi connectivity index (χ2n) is 6.39. The van der Waals surface area contributed by atoms with Gasteiger partial charge in [0.15, 0.2) is 0 Å². The molecule has 0 aromatic heterocycles. The molecule has 2 heteroatoms. The van der Waals surface area contributed by atoms with E-state index in [0.29, 0.717) is 17.9 Å². The maximum Gasteiger partial charge on any atom is 0.0331 e. The van der Waals surface area contributed by atoms with Crippen molar-refractivity contribution in [2.24, 2.45) is 17.6 Å². The van der Waals surface area contributed by atoms with Crippen LogP contribution >= 0.6 is 0 Å². The molecule has 2 unspecified atom stereocenters. The zero-order valence-corrected chi connectivity index (χ0v) is 13.8. The molecule has 0 fully saturated rings. The number of rotatable bonds is 9.